The fourth-order valence-corrected chi connectivity index (χ4v) is 2.47. The number of carbonyl (C=O) groups is 1. The lowest BCUT2D eigenvalue weighted by atomic mass is 9.95. The van der Waals surface area contributed by atoms with E-state index in [1.54, 1.807) is 13.3 Å². The van der Waals surface area contributed by atoms with Gasteiger partial charge >= 0.3 is 0 Å². The van der Waals surface area contributed by atoms with Crippen LogP contribution in [0.1, 0.15) is 23.5 Å². The Bertz CT molecular complexity index is 713. The molecule has 0 bridgehead atoms. The van der Waals surface area contributed by atoms with E-state index < -0.39 is 0 Å². The Kier molecular flexibility index (Phi) is 4.57. The highest BCUT2D eigenvalue weighted by Gasteiger charge is 2.19. The molecule has 0 radical (unpaired) electrons. The highest BCUT2D eigenvalue weighted by atomic mass is 16.5. The van der Waals surface area contributed by atoms with Crippen molar-refractivity contribution in [3.63, 3.8) is 0 Å². The molecular weight excluding hydrogens is 292 g/mol. The number of carbonyl (C=O) groups excluding carboxylic acids is 1. The molecule has 3 rings (SSSR count). The number of ether oxygens (including phenoxy) is 2. The average molecular weight is 310 g/mol. The van der Waals surface area contributed by atoms with Crippen molar-refractivity contribution in [3.05, 3.63) is 59.7 Å². The molecule has 0 aliphatic carbocycles. The van der Waals surface area contributed by atoms with Crippen LogP contribution in [0.15, 0.2) is 53.6 Å². The summed E-state index contributed by atoms with van der Waals surface area (Å²) in [6, 6.07) is 15.6. The molecule has 0 saturated heterocycles. The highest BCUT2D eigenvalue weighted by molar-refractivity contribution is 5.86. The van der Waals surface area contributed by atoms with Crippen molar-refractivity contribution in [2.75, 3.05) is 7.11 Å². The molecular formula is C18H18N2O3. The van der Waals surface area contributed by atoms with Gasteiger partial charge in [-0.15, -0.1) is 0 Å². The normalized spacial score (nSPS) is 16.7. The number of hydrogen-bond donors (Lipinski definition) is 1. The predicted molar refractivity (Wildman–Crippen MR) is 87.8 cm³/mol. The van der Waals surface area contributed by atoms with Gasteiger partial charge in [0.1, 0.15) is 6.61 Å². The third-order valence-corrected chi connectivity index (χ3v) is 3.70. The highest BCUT2D eigenvalue weighted by Crippen LogP contribution is 2.32. The van der Waals surface area contributed by atoms with Crippen molar-refractivity contribution in [1.82, 2.24) is 5.43 Å². The fraction of sp³-hybridized carbons (Fsp3) is 0.222. The number of hydrogen-bond acceptors (Lipinski definition) is 4. The summed E-state index contributed by atoms with van der Waals surface area (Å²) >= 11 is 0. The van der Waals surface area contributed by atoms with Crippen LogP contribution in [0, 0.1) is 0 Å². The number of benzene rings is 2. The van der Waals surface area contributed by atoms with Crippen LogP contribution in [0.2, 0.25) is 0 Å². The number of nitrogens with one attached hydrogen (secondary N) is 1. The number of nitrogens with zero attached hydrogens (tertiary/aromatic N) is 1. The molecule has 23 heavy (non-hydrogen) atoms. The van der Waals surface area contributed by atoms with Crippen LogP contribution >= 0.6 is 0 Å². The van der Waals surface area contributed by atoms with E-state index in [0.29, 0.717) is 24.5 Å². The number of rotatable bonds is 5. The smallest absolute Gasteiger partial charge is 0.241 e. The Hall–Kier alpha value is -2.82. The average Bonchev–Trinajstić information content (AvgIpc) is 2.60. The van der Waals surface area contributed by atoms with Gasteiger partial charge in [-0.05, 0) is 23.3 Å². The molecule has 1 atom stereocenters. The Morgan fingerprint density at radius 3 is 2.74 bits per heavy atom. The minimum Gasteiger partial charge on any atom is -0.493 e. The standard InChI is InChI=1S/C18H18N2O3/c1-22-16-8-7-14(15-10-18(21)20-19-11-15)9-17(16)23-12-13-5-3-2-4-6-13/h2-9,11,15H,10,12H2,1H3,(H,20,21). The SMILES string of the molecule is COc1ccc(C2C=NNC(=O)C2)cc1OCc1ccccc1. The molecule has 5 heteroatoms. The summed E-state index contributed by atoms with van der Waals surface area (Å²) < 4.78 is 11.3. The lowest BCUT2D eigenvalue weighted by Gasteiger charge is -2.18. The van der Waals surface area contributed by atoms with Crippen LogP contribution in [-0.4, -0.2) is 19.2 Å². The van der Waals surface area contributed by atoms with E-state index >= 15 is 0 Å². The first-order valence-electron chi connectivity index (χ1n) is 7.43. The summed E-state index contributed by atoms with van der Waals surface area (Å²) in [4.78, 5) is 11.5. The maximum Gasteiger partial charge on any atom is 0.241 e. The third-order valence-electron chi connectivity index (χ3n) is 3.70. The second-order valence-electron chi connectivity index (χ2n) is 5.31. The Morgan fingerprint density at radius 1 is 1.17 bits per heavy atom. The van der Waals surface area contributed by atoms with Gasteiger partial charge in [0.15, 0.2) is 11.5 Å². The summed E-state index contributed by atoms with van der Waals surface area (Å²) in [6.45, 7) is 0.458. The molecule has 2 aromatic carbocycles. The monoisotopic (exact) mass is 310 g/mol. The summed E-state index contributed by atoms with van der Waals surface area (Å²) in [6.07, 6.45) is 2.12. The third kappa shape index (κ3) is 3.69. The molecule has 0 aromatic heterocycles. The van der Waals surface area contributed by atoms with Gasteiger partial charge in [-0.3, -0.25) is 4.79 Å². The summed E-state index contributed by atoms with van der Waals surface area (Å²) in [5.74, 6) is 1.20. The second-order valence-corrected chi connectivity index (χ2v) is 5.31. The van der Waals surface area contributed by atoms with Gasteiger partial charge in [-0.2, -0.15) is 5.10 Å². The molecule has 1 aliphatic rings. The zero-order valence-corrected chi connectivity index (χ0v) is 12.9. The Balaban J connectivity index is 1.80. The maximum absolute atomic E-state index is 11.5. The van der Waals surface area contributed by atoms with Gasteiger partial charge in [-0.25, -0.2) is 5.43 Å². The summed E-state index contributed by atoms with van der Waals surface area (Å²) in [5.41, 5.74) is 4.50. The number of amides is 1. The van der Waals surface area contributed by atoms with Crippen LogP contribution in [0.5, 0.6) is 11.5 Å². The molecule has 1 amide bonds. The van der Waals surface area contributed by atoms with Crippen molar-refractivity contribution in [2.45, 2.75) is 18.9 Å². The quantitative estimate of drug-likeness (QED) is 0.924. The topological polar surface area (TPSA) is 59.9 Å². The summed E-state index contributed by atoms with van der Waals surface area (Å²) in [5, 5.41) is 3.89. The molecule has 1 N–H and O–H groups in total. The van der Waals surface area contributed by atoms with Gasteiger partial charge in [0.2, 0.25) is 5.91 Å². The van der Waals surface area contributed by atoms with Gasteiger partial charge < -0.3 is 9.47 Å². The molecule has 2 aromatic rings. The van der Waals surface area contributed by atoms with Crippen molar-refractivity contribution in [3.8, 4) is 11.5 Å². The van der Waals surface area contributed by atoms with E-state index in [0.717, 1.165) is 11.1 Å². The van der Waals surface area contributed by atoms with Crippen molar-refractivity contribution in [2.24, 2.45) is 5.10 Å². The number of hydrazone groups is 1. The first-order valence-corrected chi connectivity index (χ1v) is 7.43. The lowest BCUT2D eigenvalue weighted by Crippen LogP contribution is -2.26. The van der Waals surface area contributed by atoms with Crippen molar-refractivity contribution in [1.29, 1.82) is 0 Å². The zero-order chi connectivity index (χ0) is 16.1. The maximum atomic E-state index is 11.5. The van der Waals surface area contributed by atoms with Gasteiger partial charge in [0.05, 0.1) is 7.11 Å². The second kappa shape index (κ2) is 6.96. The largest absolute Gasteiger partial charge is 0.493 e. The van der Waals surface area contributed by atoms with Crippen LogP contribution in [0.3, 0.4) is 0 Å². The molecule has 1 aliphatic heterocycles. The van der Waals surface area contributed by atoms with Gasteiger partial charge in [-0.1, -0.05) is 36.4 Å². The lowest BCUT2D eigenvalue weighted by molar-refractivity contribution is -0.121. The Morgan fingerprint density at radius 2 is 2.00 bits per heavy atom. The number of methoxy groups -OCH3 is 1. The molecule has 0 saturated carbocycles. The van der Waals surface area contributed by atoms with Crippen molar-refractivity contribution < 1.29 is 14.3 Å². The molecule has 1 unspecified atom stereocenters. The fourth-order valence-electron chi connectivity index (χ4n) is 2.47. The van der Waals surface area contributed by atoms with Gasteiger partial charge in [0.25, 0.3) is 0 Å². The van der Waals surface area contributed by atoms with E-state index in [-0.39, 0.29) is 11.8 Å². The Labute approximate surface area is 134 Å². The van der Waals surface area contributed by atoms with E-state index in [9.17, 15) is 4.79 Å². The first kappa shape index (κ1) is 15.1. The van der Waals surface area contributed by atoms with E-state index in [1.807, 2.05) is 48.5 Å². The molecule has 0 spiro atoms. The van der Waals surface area contributed by atoms with Crippen molar-refractivity contribution >= 4 is 12.1 Å². The minimum absolute atomic E-state index is 0.0475. The van der Waals surface area contributed by atoms with E-state index in [2.05, 4.69) is 10.5 Å². The minimum atomic E-state index is -0.0833. The van der Waals surface area contributed by atoms with E-state index in [4.69, 9.17) is 9.47 Å². The first-order chi connectivity index (χ1) is 11.3. The van der Waals surface area contributed by atoms with Gasteiger partial charge in [0, 0.05) is 18.6 Å². The molecule has 5 nitrogen and oxygen atoms in total. The molecule has 1 heterocycles. The van der Waals surface area contributed by atoms with Crippen LogP contribution in [0.4, 0.5) is 0 Å². The van der Waals surface area contributed by atoms with Crippen LogP contribution in [0.25, 0.3) is 0 Å². The zero-order valence-electron chi connectivity index (χ0n) is 12.9. The van der Waals surface area contributed by atoms with Crippen LogP contribution in [-0.2, 0) is 11.4 Å². The summed E-state index contributed by atoms with van der Waals surface area (Å²) in [7, 11) is 1.61. The van der Waals surface area contributed by atoms with E-state index in [1.165, 1.54) is 0 Å². The predicted octanol–water partition coefficient (Wildman–Crippen LogP) is 2.86. The molecule has 118 valence electrons. The molecule has 0 fully saturated rings. The van der Waals surface area contributed by atoms with Crippen LogP contribution < -0.4 is 14.9 Å².